The molecule has 1 aliphatic carbocycles. The van der Waals surface area contributed by atoms with Gasteiger partial charge in [0.15, 0.2) is 0 Å². The van der Waals surface area contributed by atoms with E-state index in [1.54, 1.807) is 12.2 Å². The van der Waals surface area contributed by atoms with Crippen LogP contribution in [0.3, 0.4) is 0 Å². The molecule has 2 aliphatic rings. The Hall–Kier alpha value is -1.71. The van der Waals surface area contributed by atoms with Crippen molar-refractivity contribution in [1.29, 1.82) is 5.41 Å². The molecule has 4 heteroatoms. The second-order valence-electron chi connectivity index (χ2n) is 2.69. The van der Waals surface area contributed by atoms with Crippen molar-refractivity contribution >= 4 is 17.5 Å². The van der Waals surface area contributed by atoms with Crippen LogP contribution >= 0.6 is 0 Å². The lowest BCUT2D eigenvalue weighted by atomic mass is 9.92. The topological polar surface area (TPSA) is 70.0 Å². The SMILES string of the molecule is N=C1C=CC=C2C(=O)NC(=O)C12. The standard InChI is InChI=1S/C8H6N2O2/c9-5-3-1-2-4-6(5)8(12)10-7(4)11/h1-3,6,9H,(H,10,11,12). The molecule has 0 aromatic carbocycles. The Kier molecular flexibility index (Phi) is 1.24. The number of rotatable bonds is 0. The van der Waals surface area contributed by atoms with Crippen LogP contribution in [0.25, 0.3) is 0 Å². The quantitative estimate of drug-likeness (QED) is 0.483. The van der Waals surface area contributed by atoms with Gasteiger partial charge in [0.25, 0.3) is 5.91 Å². The van der Waals surface area contributed by atoms with Gasteiger partial charge in [-0.25, -0.2) is 0 Å². The van der Waals surface area contributed by atoms with E-state index in [1.807, 2.05) is 0 Å². The van der Waals surface area contributed by atoms with Crippen molar-refractivity contribution in [2.75, 3.05) is 0 Å². The van der Waals surface area contributed by atoms with Crippen molar-refractivity contribution in [3.63, 3.8) is 0 Å². The van der Waals surface area contributed by atoms with Gasteiger partial charge in [0.05, 0.1) is 0 Å². The second kappa shape index (κ2) is 2.14. The largest absolute Gasteiger partial charge is 0.304 e. The van der Waals surface area contributed by atoms with Crippen molar-refractivity contribution in [2.24, 2.45) is 5.92 Å². The summed E-state index contributed by atoms with van der Waals surface area (Å²) in [5.41, 5.74) is 0.559. The van der Waals surface area contributed by atoms with Crippen molar-refractivity contribution in [3.8, 4) is 0 Å². The van der Waals surface area contributed by atoms with Crippen molar-refractivity contribution in [1.82, 2.24) is 5.32 Å². The molecule has 2 rings (SSSR count). The summed E-state index contributed by atoms with van der Waals surface area (Å²) in [5, 5.41) is 9.56. The molecule has 0 bridgehead atoms. The summed E-state index contributed by atoms with van der Waals surface area (Å²) in [7, 11) is 0. The van der Waals surface area contributed by atoms with Crippen LogP contribution in [0.5, 0.6) is 0 Å². The number of allylic oxidation sites excluding steroid dienone is 3. The van der Waals surface area contributed by atoms with Gasteiger partial charge in [-0.2, -0.15) is 0 Å². The van der Waals surface area contributed by atoms with Gasteiger partial charge in [0.1, 0.15) is 5.92 Å². The number of hydrogen-bond acceptors (Lipinski definition) is 3. The van der Waals surface area contributed by atoms with Gasteiger partial charge in [-0.15, -0.1) is 0 Å². The number of nitrogens with one attached hydrogen (secondary N) is 2. The maximum atomic E-state index is 11.1. The number of fused-ring (bicyclic) bond motifs is 1. The highest BCUT2D eigenvalue weighted by Crippen LogP contribution is 2.22. The Labute approximate surface area is 68.5 Å². The maximum absolute atomic E-state index is 11.1. The van der Waals surface area contributed by atoms with Gasteiger partial charge in [0.2, 0.25) is 5.91 Å². The number of amides is 2. The molecule has 0 radical (unpaired) electrons. The molecule has 1 aliphatic heterocycles. The first-order chi connectivity index (χ1) is 5.70. The van der Waals surface area contributed by atoms with E-state index >= 15 is 0 Å². The van der Waals surface area contributed by atoms with Gasteiger partial charge < -0.3 is 5.41 Å². The summed E-state index contributed by atoms with van der Waals surface area (Å²) in [6.45, 7) is 0. The van der Waals surface area contributed by atoms with E-state index in [4.69, 9.17) is 5.41 Å². The lowest BCUT2D eigenvalue weighted by Crippen LogP contribution is -2.25. The van der Waals surface area contributed by atoms with E-state index in [2.05, 4.69) is 5.32 Å². The minimum absolute atomic E-state index is 0.177. The molecule has 12 heavy (non-hydrogen) atoms. The van der Waals surface area contributed by atoms with Gasteiger partial charge >= 0.3 is 0 Å². The Bertz CT molecular complexity index is 350. The molecule has 0 aromatic rings. The number of carbonyl (C=O) groups is 2. The molecule has 2 amide bonds. The van der Waals surface area contributed by atoms with Crippen LogP contribution in [0.2, 0.25) is 0 Å². The Morgan fingerprint density at radius 3 is 2.83 bits per heavy atom. The van der Waals surface area contributed by atoms with Crippen LogP contribution in [-0.2, 0) is 9.59 Å². The van der Waals surface area contributed by atoms with Crippen LogP contribution in [0.15, 0.2) is 23.8 Å². The zero-order valence-electron chi connectivity index (χ0n) is 6.13. The minimum Gasteiger partial charge on any atom is -0.304 e. The first-order valence-electron chi connectivity index (χ1n) is 3.52. The molecule has 0 aromatic heterocycles. The molecule has 0 saturated carbocycles. The van der Waals surface area contributed by atoms with E-state index in [-0.39, 0.29) is 17.5 Å². The summed E-state index contributed by atoms with van der Waals surface area (Å²) in [6.07, 6.45) is 4.70. The monoisotopic (exact) mass is 162 g/mol. The Balaban J connectivity index is 2.51. The number of imide groups is 1. The number of hydrogen-bond donors (Lipinski definition) is 2. The highest BCUT2D eigenvalue weighted by molar-refractivity contribution is 6.26. The molecule has 2 N–H and O–H groups in total. The van der Waals surface area contributed by atoms with Crippen molar-refractivity contribution in [3.05, 3.63) is 23.8 Å². The Morgan fingerprint density at radius 2 is 2.17 bits per heavy atom. The number of carbonyl (C=O) groups excluding carboxylic acids is 2. The second-order valence-corrected chi connectivity index (χ2v) is 2.69. The van der Waals surface area contributed by atoms with Gasteiger partial charge in [0, 0.05) is 11.3 Å². The van der Waals surface area contributed by atoms with Gasteiger partial charge in [-0.05, 0) is 6.08 Å². The van der Waals surface area contributed by atoms with Crippen LogP contribution in [0.4, 0.5) is 0 Å². The lowest BCUT2D eigenvalue weighted by Gasteiger charge is -2.08. The summed E-state index contributed by atoms with van der Waals surface area (Å²) in [5.74, 6) is -1.43. The molecular formula is C8H6N2O2. The zero-order chi connectivity index (χ0) is 8.72. The lowest BCUT2D eigenvalue weighted by molar-refractivity contribution is -0.124. The van der Waals surface area contributed by atoms with Crippen LogP contribution in [0, 0.1) is 11.3 Å². The van der Waals surface area contributed by atoms with E-state index < -0.39 is 5.92 Å². The van der Waals surface area contributed by atoms with E-state index in [0.717, 1.165) is 0 Å². The third kappa shape index (κ3) is 0.747. The predicted molar refractivity (Wildman–Crippen MR) is 41.6 cm³/mol. The average molecular weight is 162 g/mol. The summed E-state index contributed by atoms with van der Waals surface area (Å²) >= 11 is 0. The van der Waals surface area contributed by atoms with Gasteiger partial charge in [-0.1, -0.05) is 12.2 Å². The molecule has 4 nitrogen and oxygen atoms in total. The molecular weight excluding hydrogens is 156 g/mol. The van der Waals surface area contributed by atoms with Gasteiger partial charge in [-0.3, -0.25) is 14.9 Å². The minimum atomic E-state index is -0.664. The highest BCUT2D eigenvalue weighted by atomic mass is 16.2. The third-order valence-corrected chi connectivity index (χ3v) is 1.93. The maximum Gasteiger partial charge on any atom is 0.255 e. The van der Waals surface area contributed by atoms with E-state index in [0.29, 0.717) is 5.57 Å². The molecule has 1 unspecified atom stereocenters. The third-order valence-electron chi connectivity index (χ3n) is 1.93. The first-order valence-corrected chi connectivity index (χ1v) is 3.52. The van der Waals surface area contributed by atoms with E-state index in [9.17, 15) is 9.59 Å². The van der Waals surface area contributed by atoms with Crippen molar-refractivity contribution < 1.29 is 9.59 Å². The fourth-order valence-electron chi connectivity index (χ4n) is 1.36. The average Bonchev–Trinajstić information content (AvgIpc) is 2.29. The molecule has 60 valence electrons. The summed E-state index contributed by atoms with van der Waals surface area (Å²) in [6, 6.07) is 0. The van der Waals surface area contributed by atoms with Crippen LogP contribution in [-0.4, -0.2) is 17.5 Å². The fraction of sp³-hybridized carbons (Fsp3) is 0.125. The predicted octanol–water partition coefficient (Wildman–Crippen LogP) is -0.225. The zero-order valence-corrected chi connectivity index (χ0v) is 6.13. The van der Waals surface area contributed by atoms with E-state index in [1.165, 1.54) is 6.08 Å². The van der Waals surface area contributed by atoms with Crippen molar-refractivity contribution in [2.45, 2.75) is 0 Å². The first kappa shape index (κ1) is 6.97. The van der Waals surface area contributed by atoms with Crippen LogP contribution in [0.1, 0.15) is 0 Å². The highest BCUT2D eigenvalue weighted by Gasteiger charge is 2.38. The normalized spacial score (nSPS) is 26.8. The van der Waals surface area contributed by atoms with Crippen LogP contribution < -0.4 is 5.32 Å². The smallest absolute Gasteiger partial charge is 0.255 e. The Morgan fingerprint density at radius 1 is 1.42 bits per heavy atom. The summed E-state index contributed by atoms with van der Waals surface area (Å²) in [4.78, 5) is 22.1. The molecule has 1 heterocycles. The molecule has 1 saturated heterocycles. The summed E-state index contributed by atoms with van der Waals surface area (Å²) < 4.78 is 0. The molecule has 1 fully saturated rings. The molecule has 1 atom stereocenters. The fourth-order valence-corrected chi connectivity index (χ4v) is 1.36. The molecule has 0 spiro atoms.